The number of methoxy groups -OCH3 is 1. The van der Waals surface area contributed by atoms with Gasteiger partial charge in [-0.15, -0.1) is 0 Å². The van der Waals surface area contributed by atoms with Gasteiger partial charge in [0, 0.05) is 0 Å². The van der Waals surface area contributed by atoms with Crippen LogP contribution >= 0.6 is 0 Å². The third kappa shape index (κ3) is 4.17. The van der Waals surface area contributed by atoms with Gasteiger partial charge in [-0.3, -0.25) is 4.79 Å². The van der Waals surface area contributed by atoms with E-state index < -0.39 is 5.91 Å². The highest BCUT2D eigenvalue weighted by Crippen LogP contribution is 2.25. The van der Waals surface area contributed by atoms with Gasteiger partial charge in [-0.25, -0.2) is 4.39 Å². The van der Waals surface area contributed by atoms with Crippen LogP contribution in [0.5, 0.6) is 5.75 Å². The van der Waals surface area contributed by atoms with E-state index in [1.807, 2.05) is 19.1 Å². The van der Waals surface area contributed by atoms with E-state index >= 15 is 0 Å². The Bertz CT molecular complexity index is 790. The van der Waals surface area contributed by atoms with Crippen molar-refractivity contribution in [3.05, 3.63) is 65.0 Å². The summed E-state index contributed by atoms with van der Waals surface area (Å²) in [5.41, 5.74) is 1.91. The van der Waals surface area contributed by atoms with Crippen LogP contribution in [-0.2, 0) is 4.79 Å². The Hall–Kier alpha value is -3.13. The second kappa shape index (κ2) is 7.23. The van der Waals surface area contributed by atoms with Crippen LogP contribution in [0.2, 0.25) is 0 Å². The molecule has 0 saturated carbocycles. The van der Waals surface area contributed by atoms with E-state index in [9.17, 15) is 14.4 Å². The largest absolute Gasteiger partial charge is 0.495 e. The number of rotatable bonds is 4. The zero-order chi connectivity index (χ0) is 16.8. The first kappa shape index (κ1) is 16.2. The number of hydrogen-bond acceptors (Lipinski definition) is 3. The minimum atomic E-state index is -0.555. The molecule has 2 rings (SSSR count). The summed E-state index contributed by atoms with van der Waals surface area (Å²) in [6.07, 6.45) is 1.40. The summed E-state index contributed by atoms with van der Waals surface area (Å²) in [5.74, 6) is -0.432. The van der Waals surface area contributed by atoms with Gasteiger partial charge >= 0.3 is 0 Å². The molecule has 1 amide bonds. The summed E-state index contributed by atoms with van der Waals surface area (Å²) < 4.78 is 18.1. The molecule has 23 heavy (non-hydrogen) atoms. The van der Waals surface area contributed by atoms with Crippen LogP contribution in [0, 0.1) is 24.1 Å². The van der Waals surface area contributed by atoms with Crippen molar-refractivity contribution in [2.45, 2.75) is 6.92 Å². The standard InChI is InChI=1S/C18H15FN2O2/c1-12-3-8-17(23-2)16(9-12)21-18(22)14(11-20)10-13-4-6-15(19)7-5-13/h3-10H,1-2H3,(H,21,22)/b14-10+. The molecule has 0 heterocycles. The van der Waals surface area contributed by atoms with Gasteiger partial charge < -0.3 is 10.1 Å². The fourth-order valence-corrected chi connectivity index (χ4v) is 1.98. The van der Waals surface area contributed by atoms with Gasteiger partial charge in [0.25, 0.3) is 5.91 Å². The lowest BCUT2D eigenvalue weighted by atomic mass is 10.1. The molecule has 2 aromatic carbocycles. The smallest absolute Gasteiger partial charge is 0.266 e. The number of carbonyl (C=O) groups excluding carboxylic acids is 1. The number of carbonyl (C=O) groups is 1. The van der Waals surface area contributed by atoms with Crippen molar-refractivity contribution < 1.29 is 13.9 Å². The van der Waals surface area contributed by atoms with E-state index in [0.29, 0.717) is 17.0 Å². The van der Waals surface area contributed by atoms with Gasteiger partial charge in [-0.1, -0.05) is 18.2 Å². The molecule has 0 bridgehead atoms. The molecule has 0 aliphatic carbocycles. The van der Waals surface area contributed by atoms with Gasteiger partial charge in [0.1, 0.15) is 23.2 Å². The van der Waals surface area contributed by atoms with Crippen LogP contribution < -0.4 is 10.1 Å². The molecule has 2 aromatic rings. The first-order valence-corrected chi connectivity index (χ1v) is 6.87. The maximum absolute atomic E-state index is 12.9. The number of nitrogens with one attached hydrogen (secondary N) is 1. The Morgan fingerprint density at radius 1 is 1.26 bits per heavy atom. The van der Waals surface area contributed by atoms with Crippen molar-refractivity contribution in [3.8, 4) is 11.8 Å². The third-order valence-corrected chi connectivity index (χ3v) is 3.15. The highest BCUT2D eigenvalue weighted by molar-refractivity contribution is 6.10. The summed E-state index contributed by atoms with van der Waals surface area (Å²) in [6, 6.07) is 12.7. The van der Waals surface area contributed by atoms with Crippen molar-refractivity contribution in [1.29, 1.82) is 5.26 Å². The summed E-state index contributed by atoms with van der Waals surface area (Å²) in [4.78, 5) is 12.3. The Labute approximate surface area is 133 Å². The van der Waals surface area contributed by atoms with Crippen LogP contribution in [-0.4, -0.2) is 13.0 Å². The predicted octanol–water partition coefficient (Wildman–Crippen LogP) is 3.69. The van der Waals surface area contributed by atoms with Crippen LogP contribution in [0.25, 0.3) is 6.08 Å². The zero-order valence-electron chi connectivity index (χ0n) is 12.8. The second-order valence-corrected chi connectivity index (χ2v) is 4.88. The van der Waals surface area contributed by atoms with Crippen molar-refractivity contribution in [3.63, 3.8) is 0 Å². The number of hydrogen-bond donors (Lipinski definition) is 1. The van der Waals surface area contributed by atoms with Gasteiger partial charge in [0.2, 0.25) is 0 Å². The first-order chi connectivity index (χ1) is 11.0. The number of benzene rings is 2. The molecule has 0 unspecified atom stereocenters. The van der Waals surface area contributed by atoms with E-state index in [1.165, 1.54) is 37.5 Å². The fraction of sp³-hybridized carbons (Fsp3) is 0.111. The third-order valence-electron chi connectivity index (χ3n) is 3.15. The summed E-state index contributed by atoms with van der Waals surface area (Å²) in [6.45, 7) is 1.88. The van der Waals surface area contributed by atoms with E-state index in [0.717, 1.165) is 5.56 Å². The lowest BCUT2D eigenvalue weighted by Gasteiger charge is -2.10. The average Bonchev–Trinajstić information content (AvgIpc) is 2.54. The Morgan fingerprint density at radius 3 is 2.57 bits per heavy atom. The second-order valence-electron chi connectivity index (χ2n) is 4.88. The number of anilines is 1. The Balaban J connectivity index is 2.26. The summed E-state index contributed by atoms with van der Waals surface area (Å²) >= 11 is 0. The highest BCUT2D eigenvalue weighted by atomic mass is 19.1. The monoisotopic (exact) mass is 310 g/mol. The lowest BCUT2D eigenvalue weighted by Crippen LogP contribution is -2.14. The van der Waals surface area contributed by atoms with Gasteiger partial charge in [-0.05, 0) is 48.4 Å². The molecule has 4 nitrogen and oxygen atoms in total. The lowest BCUT2D eigenvalue weighted by molar-refractivity contribution is -0.112. The molecule has 0 spiro atoms. The van der Waals surface area contributed by atoms with Gasteiger partial charge in [-0.2, -0.15) is 5.26 Å². The molecule has 0 aliphatic rings. The SMILES string of the molecule is COc1ccc(C)cc1NC(=O)/C(C#N)=C/c1ccc(F)cc1. The van der Waals surface area contributed by atoms with Crippen molar-refractivity contribution in [2.75, 3.05) is 12.4 Å². The quantitative estimate of drug-likeness (QED) is 0.692. The highest BCUT2D eigenvalue weighted by Gasteiger charge is 2.12. The summed E-state index contributed by atoms with van der Waals surface area (Å²) in [5, 5.41) is 11.8. The van der Waals surface area contributed by atoms with Crippen LogP contribution in [0.15, 0.2) is 48.0 Å². The minimum absolute atomic E-state index is 0.0832. The van der Waals surface area contributed by atoms with E-state index in [1.54, 1.807) is 12.1 Å². The molecule has 0 aromatic heterocycles. The number of nitrogens with zero attached hydrogens (tertiary/aromatic N) is 1. The average molecular weight is 310 g/mol. The molecule has 1 N–H and O–H groups in total. The van der Waals surface area contributed by atoms with Crippen LogP contribution in [0.4, 0.5) is 10.1 Å². The topological polar surface area (TPSA) is 62.1 Å². The predicted molar refractivity (Wildman–Crippen MR) is 86.4 cm³/mol. The zero-order valence-corrected chi connectivity index (χ0v) is 12.8. The van der Waals surface area contributed by atoms with Crippen molar-refractivity contribution in [1.82, 2.24) is 0 Å². The molecule has 0 atom stereocenters. The fourth-order valence-electron chi connectivity index (χ4n) is 1.98. The minimum Gasteiger partial charge on any atom is -0.495 e. The Morgan fingerprint density at radius 2 is 1.96 bits per heavy atom. The molecule has 0 saturated heterocycles. The number of nitriles is 1. The van der Waals surface area contributed by atoms with Crippen molar-refractivity contribution in [2.24, 2.45) is 0 Å². The molecular formula is C18H15FN2O2. The van der Waals surface area contributed by atoms with Gasteiger partial charge in [0.05, 0.1) is 12.8 Å². The number of aryl methyl sites for hydroxylation is 1. The van der Waals surface area contributed by atoms with E-state index in [4.69, 9.17) is 4.74 Å². The number of amides is 1. The molecule has 5 heteroatoms. The maximum atomic E-state index is 12.9. The van der Waals surface area contributed by atoms with Crippen LogP contribution in [0.1, 0.15) is 11.1 Å². The van der Waals surface area contributed by atoms with Gasteiger partial charge in [0.15, 0.2) is 0 Å². The number of halogens is 1. The maximum Gasteiger partial charge on any atom is 0.266 e. The molecule has 0 aliphatic heterocycles. The molecule has 0 fully saturated rings. The molecule has 0 radical (unpaired) electrons. The normalized spacial score (nSPS) is 10.8. The Kier molecular flexibility index (Phi) is 5.11. The molecular weight excluding hydrogens is 295 g/mol. The molecule has 116 valence electrons. The van der Waals surface area contributed by atoms with Crippen molar-refractivity contribution >= 4 is 17.7 Å². The first-order valence-electron chi connectivity index (χ1n) is 6.87. The van der Waals surface area contributed by atoms with E-state index in [2.05, 4.69) is 5.32 Å². The van der Waals surface area contributed by atoms with Crippen LogP contribution in [0.3, 0.4) is 0 Å². The van der Waals surface area contributed by atoms with E-state index in [-0.39, 0.29) is 11.4 Å². The number of ether oxygens (including phenoxy) is 1. The summed E-state index contributed by atoms with van der Waals surface area (Å²) in [7, 11) is 1.50.